The molecule has 0 aliphatic heterocycles. The number of hydrogen-bond donors (Lipinski definition) is 2. The molecule has 0 amide bonds. The van der Waals surface area contributed by atoms with Gasteiger partial charge in [-0.1, -0.05) is 0 Å². The van der Waals surface area contributed by atoms with Crippen LogP contribution in [0.5, 0.6) is 5.75 Å². The third-order valence-electron chi connectivity index (χ3n) is 4.27. The highest BCUT2D eigenvalue weighted by molar-refractivity contribution is 5.98. The van der Waals surface area contributed by atoms with Gasteiger partial charge in [-0.3, -0.25) is 0 Å². The van der Waals surface area contributed by atoms with Gasteiger partial charge in [-0.15, -0.1) is 0 Å². The Labute approximate surface area is 151 Å². The molecule has 1 aliphatic rings. The van der Waals surface area contributed by atoms with Crippen molar-refractivity contribution in [2.75, 3.05) is 33.5 Å². The van der Waals surface area contributed by atoms with Crippen molar-refractivity contribution in [1.29, 1.82) is 0 Å². The average Bonchev–Trinajstić information content (AvgIpc) is 3.23. The SMILES string of the molecule is COc1ccc(-c2oc3c(c2C(=O)OCCO)C(OCCO)CC3)cc1. The van der Waals surface area contributed by atoms with Gasteiger partial charge in [0.15, 0.2) is 0 Å². The van der Waals surface area contributed by atoms with E-state index >= 15 is 0 Å². The molecule has 3 rings (SSSR count). The van der Waals surface area contributed by atoms with Gasteiger partial charge < -0.3 is 28.8 Å². The first-order chi connectivity index (χ1) is 12.7. The summed E-state index contributed by atoms with van der Waals surface area (Å²) in [5.74, 6) is 1.24. The fraction of sp³-hybridized carbons (Fsp3) is 0.421. The summed E-state index contributed by atoms with van der Waals surface area (Å²) in [6, 6.07) is 7.18. The van der Waals surface area contributed by atoms with E-state index in [9.17, 15) is 4.79 Å². The molecule has 140 valence electrons. The lowest BCUT2D eigenvalue weighted by Crippen LogP contribution is -2.13. The molecule has 0 saturated heterocycles. The van der Waals surface area contributed by atoms with Crippen LogP contribution in [-0.4, -0.2) is 49.7 Å². The molecule has 0 bridgehead atoms. The zero-order valence-electron chi connectivity index (χ0n) is 14.6. The van der Waals surface area contributed by atoms with Crippen molar-refractivity contribution in [2.24, 2.45) is 0 Å². The smallest absolute Gasteiger partial charge is 0.342 e. The minimum Gasteiger partial charge on any atom is -0.497 e. The van der Waals surface area contributed by atoms with E-state index in [1.165, 1.54) is 0 Å². The van der Waals surface area contributed by atoms with Gasteiger partial charge in [0.1, 0.15) is 29.4 Å². The number of fused-ring (bicyclic) bond motifs is 1. The Balaban J connectivity index is 2.02. The predicted molar refractivity (Wildman–Crippen MR) is 92.2 cm³/mol. The summed E-state index contributed by atoms with van der Waals surface area (Å²) in [5.41, 5.74) is 1.71. The lowest BCUT2D eigenvalue weighted by Gasteiger charge is -2.13. The van der Waals surface area contributed by atoms with E-state index in [2.05, 4.69) is 0 Å². The number of aryl methyl sites for hydroxylation is 1. The van der Waals surface area contributed by atoms with Crippen LogP contribution in [0.15, 0.2) is 28.7 Å². The molecule has 1 aliphatic carbocycles. The van der Waals surface area contributed by atoms with E-state index in [0.717, 1.165) is 5.56 Å². The number of benzene rings is 1. The van der Waals surface area contributed by atoms with Gasteiger partial charge >= 0.3 is 5.97 Å². The van der Waals surface area contributed by atoms with Crippen LogP contribution in [0.2, 0.25) is 0 Å². The molecule has 1 unspecified atom stereocenters. The van der Waals surface area contributed by atoms with Crippen molar-refractivity contribution < 1.29 is 33.6 Å². The van der Waals surface area contributed by atoms with E-state index in [0.29, 0.717) is 41.2 Å². The van der Waals surface area contributed by atoms with Gasteiger partial charge in [-0.2, -0.15) is 0 Å². The van der Waals surface area contributed by atoms with Crippen LogP contribution in [0.1, 0.15) is 34.2 Å². The number of aliphatic hydroxyl groups is 2. The summed E-state index contributed by atoms with van der Waals surface area (Å²) in [4.78, 5) is 12.6. The number of carbonyl (C=O) groups is 1. The maximum Gasteiger partial charge on any atom is 0.342 e. The number of hydrogen-bond acceptors (Lipinski definition) is 7. The molecule has 1 atom stereocenters. The van der Waals surface area contributed by atoms with E-state index in [1.807, 2.05) is 0 Å². The van der Waals surface area contributed by atoms with Crippen molar-refractivity contribution in [3.8, 4) is 17.1 Å². The molecule has 1 aromatic carbocycles. The average molecular weight is 362 g/mol. The fourth-order valence-electron chi connectivity index (χ4n) is 3.14. The van der Waals surface area contributed by atoms with Crippen LogP contribution in [-0.2, 0) is 15.9 Å². The van der Waals surface area contributed by atoms with Crippen LogP contribution in [0, 0.1) is 0 Å². The first-order valence-corrected chi connectivity index (χ1v) is 8.50. The van der Waals surface area contributed by atoms with Gasteiger partial charge in [-0.25, -0.2) is 4.79 Å². The minimum absolute atomic E-state index is 0.0942. The molecule has 2 N–H and O–H groups in total. The van der Waals surface area contributed by atoms with Crippen molar-refractivity contribution in [1.82, 2.24) is 0 Å². The molecule has 0 radical (unpaired) electrons. The highest BCUT2D eigenvalue weighted by Crippen LogP contribution is 2.43. The first-order valence-electron chi connectivity index (χ1n) is 8.50. The quantitative estimate of drug-likeness (QED) is 0.694. The lowest BCUT2D eigenvalue weighted by molar-refractivity contribution is 0.0264. The number of esters is 1. The van der Waals surface area contributed by atoms with Crippen molar-refractivity contribution in [3.05, 3.63) is 41.2 Å². The summed E-state index contributed by atoms with van der Waals surface area (Å²) in [5, 5.41) is 18.0. The van der Waals surface area contributed by atoms with Crippen LogP contribution >= 0.6 is 0 Å². The fourth-order valence-corrected chi connectivity index (χ4v) is 3.14. The number of furan rings is 1. The molecular weight excluding hydrogens is 340 g/mol. The van der Waals surface area contributed by atoms with Gasteiger partial charge in [0.25, 0.3) is 0 Å². The Kier molecular flexibility index (Phi) is 5.92. The molecule has 2 aromatic rings. The number of methoxy groups -OCH3 is 1. The van der Waals surface area contributed by atoms with Crippen molar-refractivity contribution in [3.63, 3.8) is 0 Å². The normalized spacial score (nSPS) is 15.7. The lowest BCUT2D eigenvalue weighted by atomic mass is 10.0. The predicted octanol–water partition coefficient (Wildman–Crippen LogP) is 2.10. The summed E-state index contributed by atoms with van der Waals surface area (Å²) in [6.07, 6.45) is 0.990. The number of carbonyl (C=O) groups excluding carboxylic acids is 1. The van der Waals surface area contributed by atoms with E-state index in [4.69, 9.17) is 28.8 Å². The van der Waals surface area contributed by atoms with Gasteiger partial charge in [0, 0.05) is 17.5 Å². The molecule has 1 aromatic heterocycles. The molecule has 7 heteroatoms. The Morgan fingerprint density at radius 2 is 1.92 bits per heavy atom. The monoisotopic (exact) mass is 362 g/mol. The summed E-state index contributed by atoms with van der Waals surface area (Å²) < 4.78 is 22.0. The standard InChI is InChI=1S/C19H22O7/c1-23-13-4-2-12(3-5-13)18-17(19(22)25-11-9-21)16-14(24-10-8-20)6-7-15(16)26-18/h2-5,14,20-21H,6-11H2,1H3. The van der Waals surface area contributed by atoms with Gasteiger partial charge in [0.2, 0.25) is 0 Å². The van der Waals surface area contributed by atoms with Crippen LogP contribution in [0.3, 0.4) is 0 Å². The Morgan fingerprint density at radius 1 is 1.19 bits per heavy atom. The Bertz CT molecular complexity index is 748. The van der Waals surface area contributed by atoms with Crippen molar-refractivity contribution >= 4 is 5.97 Å². The summed E-state index contributed by atoms with van der Waals surface area (Å²) in [6.45, 7) is -0.269. The molecule has 1 heterocycles. The second kappa shape index (κ2) is 8.35. The summed E-state index contributed by atoms with van der Waals surface area (Å²) in [7, 11) is 1.58. The highest BCUT2D eigenvalue weighted by Gasteiger charge is 2.36. The number of ether oxygens (including phenoxy) is 3. The largest absolute Gasteiger partial charge is 0.497 e. The Hall–Kier alpha value is -2.35. The third kappa shape index (κ3) is 3.60. The molecule has 0 spiro atoms. The maximum atomic E-state index is 12.6. The number of rotatable bonds is 8. The molecule has 0 fully saturated rings. The van der Waals surface area contributed by atoms with E-state index in [-0.39, 0.29) is 32.5 Å². The number of aliphatic hydroxyl groups excluding tert-OH is 2. The molecule has 26 heavy (non-hydrogen) atoms. The van der Waals surface area contributed by atoms with Crippen LogP contribution in [0.25, 0.3) is 11.3 Å². The minimum atomic E-state index is -0.561. The first kappa shape index (κ1) is 18.4. The second-order valence-electron chi connectivity index (χ2n) is 5.85. The second-order valence-corrected chi connectivity index (χ2v) is 5.85. The van der Waals surface area contributed by atoms with Crippen molar-refractivity contribution in [2.45, 2.75) is 18.9 Å². The summed E-state index contributed by atoms with van der Waals surface area (Å²) >= 11 is 0. The zero-order chi connectivity index (χ0) is 18.5. The highest BCUT2D eigenvalue weighted by atomic mass is 16.5. The third-order valence-corrected chi connectivity index (χ3v) is 4.27. The zero-order valence-corrected chi connectivity index (χ0v) is 14.6. The molecule has 7 nitrogen and oxygen atoms in total. The topological polar surface area (TPSA) is 98.4 Å². The van der Waals surface area contributed by atoms with Gasteiger partial charge in [-0.05, 0) is 30.7 Å². The van der Waals surface area contributed by atoms with Gasteiger partial charge in [0.05, 0.1) is 33.0 Å². The molecule has 0 saturated carbocycles. The maximum absolute atomic E-state index is 12.6. The Morgan fingerprint density at radius 3 is 2.58 bits per heavy atom. The van der Waals surface area contributed by atoms with E-state index in [1.54, 1.807) is 31.4 Å². The van der Waals surface area contributed by atoms with Crippen LogP contribution in [0.4, 0.5) is 0 Å². The molecular formula is C19H22O7. The van der Waals surface area contributed by atoms with E-state index < -0.39 is 5.97 Å². The van der Waals surface area contributed by atoms with Crippen LogP contribution < -0.4 is 4.74 Å².